The van der Waals surface area contributed by atoms with Crippen LogP contribution in [0.25, 0.3) is 5.57 Å². The predicted molar refractivity (Wildman–Crippen MR) is 102 cm³/mol. The molecule has 0 radical (unpaired) electrons. The van der Waals surface area contributed by atoms with Crippen molar-refractivity contribution in [3.05, 3.63) is 58.7 Å². The van der Waals surface area contributed by atoms with E-state index < -0.39 is 35.6 Å². The van der Waals surface area contributed by atoms with E-state index in [2.05, 4.69) is 11.7 Å². The van der Waals surface area contributed by atoms with Crippen LogP contribution >= 0.6 is 0 Å². The minimum Gasteiger partial charge on any atom is -0.329 e. The van der Waals surface area contributed by atoms with Crippen LogP contribution in [-0.2, 0) is 7.05 Å². The molecule has 0 aliphatic heterocycles. The highest BCUT2D eigenvalue weighted by molar-refractivity contribution is 5.97. The van der Waals surface area contributed by atoms with Gasteiger partial charge < -0.3 is 4.90 Å². The van der Waals surface area contributed by atoms with E-state index in [1.165, 1.54) is 11.9 Å². The lowest BCUT2D eigenvalue weighted by Crippen LogP contribution is -2.41. The van der Waals surface area contributed by atoms with Gasteiger partial charge in [-0.1, -0.05) is 30.3 Å². The van der Waals surface area contributed by atoms with Crippen LogP contribution in [0.3, 0.4) is 0 Å². The first-order valence-corrected chi connectivity index (χ1v) is 9.23. The minimum atomic E-state index is -3.03. The van der Waals surface area contributed by atoms with Crippen molar-refractivity contribution >= 4 is 11.5 Å². The van der Waals surface area contributed by atoms with E-state index in [1.807, 2.05) is 32.0 Å². The largest absolute Gasteiger partial charge is 0.329 e. The Kier molecular flexibility index (Phi) is 5.37. The standard InChI is InChI=1S/C21H24F3N3O/c1-11-6-9-16(12(2)10-11)13(3)14(4)27(15-7-8-15)21(28)17-18(19(22)23)25-26(5)20(17)24/h6,9-10,14-15,19H,3,7-8H2,1-2,4-5H3. The molecule has 1 unspecified atom stereocenters. The van der Waals surface area contributed by atoms with E-state index >= 15 is 0 Å². The van der Waals surface area contributed by atoms with Crippen molar-refractivity contribution in [2.75, 3.05) is 0 Å². The second-order valence-electron chi connectivity index (χ2n) is 7.44. The number of rotatable bonds is 6. The molecular weight excluding hydrogens is 367 g/mol. The van der Waals surface area contributed by atoms with Crippen LogP contribution in [0.5, 0.6) is 0 Å². The normalized spacial score (nSPS) is 15.0. The molecule has 1 aliphatic rings. The van der Waals surface area contributed by atoms with Gasteiger partial charge in [0.2, 0.25) is 5.95 Å². The average molecular weight is 391 g/mol. The van der Waals surface area contributed by atoms with Gasteiger partial charge >= 0.3 is 0 Å². The van der Waals surface area contributed by atoms with Crippen LogP contribution in [0.1, 0.15) is 58.9 Å². The Bertz CT molecular complexity index is 931. The lowest BCUT2D eigenvalue weighted by Gasteiger charge is -2.31. The molecule has 7 heteroatoms. The molecule has 28 heavy (non-hydrogen) atoms. The molecule has 1 fully saturated rings. The maximum atomic E-state index is 14.5. The highest BCUT2D eigenvalue weighted by Gasteiger charge is 2.41. The predicted octanol–water partition coefficient (Wildman–Crippen LogP) is 4.82. The lowest BCUT2D eigenvalue weighted by molar-refractivity contribution is 0.0698. The summed E-state index contributed by atoms with van der Waals surface area (Å²) in [5, 5.41) is 3.50. The maximum absolute atomic E-state index is 14.5. The number of amides is 1. The molecule has 3 rings (SSSR count). The number of hydrogen-bond acceptors (Lipinski definition) is 2. The van der Waals surface area contributed by atoms with Crippen LogP contribution in [0.4, 0.5) is 13.2 Å². The fourth-order valence-electron chi connectivity index (χ4n) is 3.58. The molecule has 0 bridgehead atoms. The summed E-state index contributed by atoms with van der Waals surface area (Å²) in [7, 11) is 1.21. The van der Waals surface area contributed by atoms with Gasteiger partial charge in [0, 0.05) is 13.1 Å². The Morgan fingerprint density at radius 1 is 1.32 bits per heavy atom. The van der Waals surface area contributed by atoms with Crippen molar-refractivity contribution in [2.45, 2.75) is 52.1 Å². The molecule has 1 amide bonds. The zero-order valence-electron chi connectivity index (χ0n) is 16.5. The molecule has 2 aromatic rings. The van der Waals surface area contributed by atoms with Gasteiger partial charge in [-0.05, 0) is 50.3 Å². The molecule has 1 aromatic heterocycles. The van der Waals surface area contributed by atoms with E-state index in [-0.39, 0.29) is 6.04 Å². The molecule has 0 N–H and O–H groups in total. The van der Waals surface area contributed by atoms with E-state index in [0.717, 1.165) is 29.5 Å². The van der Waals surface area contributed by atoms with Gasteiger partial charge in [-0.15, -0.1) is 0 Å². The van der Waals surface area contributed by atoms with Crippen molar-refractivity contribution in [3.8, 4) is 0 Å². The zero-order valence-corrected chi connectivity index (χ0v) is 16.5. The summed E-state index contributed by atoms with van der Waals surface area (Å²) in [6.45, 7) is 9.89. The molecule has 1 atom stereocenters. The minimum absolute atomic E-state index is 0.116. The summed E-state index contributed by atoms with van der Waals surface area (Å²) >= 11 is 0. The van der Waals surface area contributed by atoms with Crippen LogP contribution in [0.2, 0.25) is 0 Å². The number of benzene rings is 1. The van der Waals surface area contributed by atoms with Crippen molar-refractivity contribution in [3.63, 3.8) is 0 Å². The summed E-state index contributed by atoms with van der Waals surface area (Å²) in [6.07, 6.45) is -1.53. The molecule has 150 valence electrons. The Balaban J connectivity index is 1.98. The fraction of sp³-hybridized carbons (Fsp3) is 0.429. The molecule has 0 saturated heterocycles. The smallest absolute Gasteiger partial charge is 0.283 e. The van der Waals surface area contributed by atoms with Crippen molar-refractivity contribution in [2.24, 2.45) is 7.05 Å². The van der Waals surface area contributed by atoms with E-state index in [4.69, 9.17) is 0 Å². The number of carbonyl (C=O) groups is 1. The third-order valence-corrected chi connectivity index (χ3v) is 5.25. The number of carbonyl (C=O) groups excluding carboxylic acids is 1. The second kappa shape index (κ2) is 7.45. The Morgan fingerprint density at radius 2 is 1.96 bits per heavy atom. The fourth-order valence-corrected chi connectivity index (χ4v) is 3.58. The van der Waals surface area contributed by atoms with Gasteiger partial charge in [0.15, 0.2) is 0 Å². The van der Waals surface area contributed by atoms with Crippen molar-refractivity contribution in [1.29, 1.82) is 0 Å². The van der Waals surface area contributed by atoms with Gasteiger partial charge in [-0.25, -0.2) is 13.5 Å². The zero-order chi connectivity index (χ0) is 20.7. The monoisotopic (exact) mass is 391 g/mol. The summed E-state index contributed by atoms with van der Waals surface area (Å²) in [4.78, 5) is 14.6. The SMILES string of the molecule is C=C(c1ccc(C)cc1C)C(C)N(C(=O)c1c(C(F)F)nn(C)c1F)C1CC1. The van der Waals surface area contributed by atoms with Gasteiger partial charge in [0.1, 0.15) is 11.3 Å². The van der Waals surface area contributed by atoms with Crippen molar-refractivity contribution in [1.82, 2.24) is 14.7 Å². The van der Waals surface area contributed by atoms with Crippen LogP contribution in [0.15, 0.2) is 24.8 Å². The topological polar surface area (TPSA) is 38.1 Å². The lowest BCUT2D eigenvalue weighted by atomic mass is 9.94. The highest BCUT2D eigenvalue weighted by atomic mass is 19.3. The van der Waals surface area contributed by atoms with E-state index in [1.54, 1.807) is 6.92 Å². The number of aromatic nitrogens is 2. The average Bonchev–Trinajstić information content (AvgIpc) is 3.40. The van der Waals surface area contributed by atoms with Gasteiger partial charge in [-0.3, -0.25) is 4.79 Å². The summed E-state index contributed by atoms with van der Waals surface area (Å²) in [5.74, 6) is -1.81. The first kappa shape index (κ1) is 20.2. The summed E-state index contributed by atoms with van der Waals surface area (Å²) in [5.41, 5.74) is 2.25. The molecule has 1 aliphatic carbocycles. The molecule has 1 heterocycles. The third-order valence-electron chi connectivity index (χ3n) is 5.25. The van der Waals surface area contributed by atoms with Crippen LogP contribution < -0.4 is 0 Å². The Hall–Kier alpha value is -2.57. The molecule has 4 nitrogen and oxygen atoms in total. The van der Waals surface area contributed by atoms with Gasteiger partial charge in [0.05, 0.1) is 6.04 Å². The maximum Gasteiger partial charge on any atom is 0.283 e. The van der Waals surface area contributed by atoms with Gasteiger partial charge in [0.25, 0.3) is 12.3 Å². The quantitative estimate of drug-likeness (QED) is 0.708. The molecule has 0 spiro atoms. The second-order valence-corrected chi connectivity index (χ2v) is 7.44. The highest BCUT2D eigenvalue weighted by Crippen LogP contribution is 2.36. The third kappa shape index (κ3) is 3.57. The summed E-state index contributed by atoms with van der Waals surface area (Å²) in [6, 6.07) is 5.33. The Labute approximate surface area is 162 Å². The number of halogens is 3. The first-order valence-electron chi connectivity index (χ1n) is 9.23. The number of aryl methyl sites for hydroxylation is 3. The van der Waals surface area contributed by atoms with Crippen LogP contribution in [-0.4, -0.2) is 32.7 Å². The van der Waals surface area contributed by atoms with Crippen molar-refractivity contribution < 1.29 is 18.0 Å². The van der Waals surface area contributed by atoms with Gasteiger partial charge in [-0.2, -0.15) is 9.49 Å². The number of alkyl halides is 2. The molecular formula is C21H24F3N3O. The Morgan fingerprint density at radius 3 is 2.50 bits per heavy atom. The molecule has 1 aromatic carbocycles. The van der Waals surface area contributed by atoms with E-state index in [9.17, 15) is 18.0 Å². The van der Waals surface area contributed by atoms with Crippen LogP contribution in [0, 0.1) is 19.8 Å². The van der Waals surface area contributed by atoms with E-state index in [0.29, 0.717) is 10.3 Å². The first-order chi connectivity index (χ1) is 13.1. The number of hydrogen-bond donors (Lipinski definition) is 0. The summed E-state index contributed by atoms with van der Waals surface area (Å²) < 4.78 is 41.8. The molecule has 1 saturated carbocycles. The number of nitrogens with zero attached hydrogens (tertiary/aromatic N) is 3.